The van der Waals surface area contributed by atoms with Gasteiger partial charge >= 0.3 is 0 Å². The first-order valence-corrected chi connectivity index (χ1v) is 10.4. The van der Waals surface area contributed by atoms with Crippen molar-refractivity contribution < 1.29 is 19.2 Å². The number of benzene rings is 1. The zero-order valence-corrected chi connectivity index (χ0v) is 17.6. The number of hydrogen-bond donors (Lipinski definition) is 0. The van der Waals surface area contributed by atoms with Crippen molar-refractivity contribution in [1.29, 1.82) is 0 Å². The molecule has 2 aliphatic rings. The third-order valence-corrected chi connectivity index (χ3v) is 5.66. The molecule has 4 rings (SSSR count). The van der Waals surface area contributed by atoms with Crippen molar-refractivity contribution in [2.75, 3.05) is 26.2 Å². The molecule has 0 N–H and O–H groups in total. The van der Waals surface area contributed by atoms with E-state index in [1.165, 1.54) is 11.0 Å². The van der Waals surface area contributed by atoms with Crippen LogP contribution in [0.5, 0.6) is 0 Å². The molecule has 1 aromatic carbocycles. The Bertz CT molecular complexity index is 1050. The van der Waals surface area contributed by atoms with Gasteiger partial charge in [0.2, 0.25) is 0 Å². The lowest BCUT2D eigenvalue weighted by atomic mass is 10.0. The summed E-state index contributed by atoms with van der Waals surface area (Å²) in [4.78, 5) is 59.5. The molecule has 2 aliphatic heterocycles. The number of aromatic nitrogens is 1. The number of rotatable bonds is 3. The lowest BCUT2D eigenvalue weighted by Crippen LogP contribution is -2.37. The van der Waals surface area contributed by atoms with Gasteiger partial charge in [0.1, 0.15) is 0 Å². The fraction of sp³-hybridized carbons (Fsp3) is 0.348. The van der Waals surface area contributed by atoms with Crippen LogP contribution in [0.3, 0.4) is 0 Å². The standard InChI is InChI=1S/C23H24N4O4/c1-15(2)27-22(30)18-7-6-16(13-19(18)23(27)31)20(28)25-9-4-10-26(12-11-25)21(29)17-5-3-8-24-14-17/h3,5-8,13-15H,4,9-12H2,1-2H3. The molecule has 0 atom stereocenters. The van der Waals surface area contributed by atoms with Crippen molar-refractivity contribution in [2.24, 2.45) is 0 Å². The van der Waals surface area contributed by atoms with Crippen molar-refractivity contribution in [2.45, 2.75) is 26.3 Å². The van der Waals surface area contributed by atoms with Gasteiger partial charge in [0.05, 0.1) is 16.7 Å². The highest BCUT2D eigenvalue weighted by atomic mass is 16.2. The van der Waals surface area contributed by atoms with Crippen LogP contribution in [0.1, 0.15) is 61.7 Å². The molecule has 4 amide bonds. The van der Waals surface area contributed by atoms with Crippen LogP contribution < -0.4 is 0 Å². The van der Waals surface area contributed by atoms with E-state index in [0.29, 0.717) is 49.3 Å². The normalized spacial score (nSPS) is 16.5. The third-order valence-electron chi connectivity index (χ3n) is 5.66. The van der Waals surface area contributed by atoms with Gasteiger partial charge in [-0.15, -0.1) is 0 Å². The minimum absolute atomic E-state index is 0.0992. The van der Waals surface area contributed by atoms with E-state index < -0.39 is 0 Å². The van der Waals surface area contributed by atoms with Crippen molar-refractivity contribution in [3.8, 4) is 0 Å². The molecule has 1 saturated heterocycles. The molecular formula is C23H24N4O4. The zero-order chi connectivity index (χ0) is 22.1. The summed E-state index contributed by atoms with van der Waals surface area (Å²) in [5.41, 5.74) is 1.50. The summed E-state index contributed by atoms with van der Waals surface area (Å²) in [6, 6.07) is 7.87. The molecule has 8 heteroatoms. The maximum absolute atomic E-state index is 13.1. The Labute approximate surface area is 180 Å². The first-order chi connectivity index (χ1) is 14.9. The molecule has 0 aliphatic carbocycles. The molecule has 2 aromatic rings. The van der Waals surface area contributed by atoms with Gasteiger partial charge in [0.25, 0.3) is 23.6 Å². The number of amides is 4. The quantitative estimate of drug-likeness (QED) is 0.709. The van der Waals surface area contributed by atoms with E-state index in [2.05, 4.69) is 4.98 Å². The predicted octanol–water partition coefficient (Wildman–Crippen LogP) is 2.07. The monoisotopic (exact) mass is 420 g/mol. The molecule has 0 radical (unpaired) electrons. The summed E-state index contributed by atoms with van der Waals surface area (Å²) < 4.78 is 0. The molecule has 3 heterocycles. The third kappa shape index (κ3) is 3.81. The van der Waals surface area contributed by atoms with Crippen molar-refractivity contribution in [1.82, 2.24) is 19.7 Å². The number of carbonyl (C=O) groups excluding carboxylic acids is 4. The van der Waals surface area contributed by atoms with E-state index >= 15 is 0 Å². The topological polar surface area (TPSA) is 90.9 Å². The second-order valence-corrected chi connectivity index (χ2v) is 8.01. The zero-order valence-electron chi connectivity index (χ0n) is 17.6. The Morgan fingerprint density at radius 3 is 2.13 bits per heavy atom. The predicted molar refractivity (Wildman–Crippen MR) is 113 cm³/mol. The summed E-state index contributed by atoms with van der Waals surface area (Å²) in [6.45, 7) is 5.44. The van der Waals surface area contributed by atoms with Crippen LogP contribution in [0.15, 0.2) is 42.7 Å². The summed E-state index contributed by atoms with van der Waals surface area (Å²) in [5.74, 6) is -0.998. The largest absolute Gasteiger partial charge is 0.337 e. The van der Waals surface area contributed by atoms with Gasteiger partial charge in [-0.1, -0.05) is 0 Å². The van der Waals surface area contributed by atoms with Crippen LogP contribution in [0.2, 0.25) is 0 Å². The number of imide groups is 1. The average molecular weight is 420 g/mol. The molecular weight excluding hydrogens is 396 g/mol. The van der Waals surface area contributed by atoms with Crippen molar-refractivity contribution in [3.63, 3.8) is 0 Å². The Morgan fingerprint density at radius 2 is 1.52 bits per heavy atom. The molecule has 0 bridgehead atoms. The second-order valence-electron chi connectivity index (χ2n) is 8.01. The summed E-state index contributed by atoms with van der Waals surface area (Å²) in [7, 11) is 0. The Balaban J connectivity index is 1.48. The van der Waals surface area contributed by atoms with E-state index in [4.69, 9.17) is 0 Å². The van der Waals surface area contributed by atoms with E-state index in [1.54, 1.807) is 60.3 Å². The van der Waals surface area contributed by atoms with E-state index in [1.807, 2.05) is 0 Å². The Kier molecular flexibility index (Phi) is 5.54. The maximum Gasteiger partial charge on any atom is 0.261 e. The highest BCUT2D eigenvalue weighted by molar-refractivity contribution is 6.22. The van der Waals surface area contributed by atoms with Crippen LogP contribution in [0.4, 0.5) is 0 Å². The number of nitrogens with zero attached hydrogens (tertiary/aromatic N) is 4. The molecule has 0 spiro atoms. The van der Waals surface area contributed by atoms with Crippen LogP contribution in [-0.4, -0.2) is 75.5 Å². The lowest BCUT2D eigenvalue weighted by molar-refractivity contribution is 0.0608. The lowest BCUT2D eigenvalue weighted by Gasteiger charge is -2.22. The van der Waals surface area contributed by atoms with Gasteiger partial charge in [-0.2, -0.15) is 0 Å². The smallest absolute Gasteiger partial charge is 0.261 e. The molecule has 0 unspecified atom stereocenters. The molecule has 8 nitrogen and oxygen atoms in total. The summed E-state index contributed by atoms with van der Waals surface area (Å²) in [6.07, 6.45) is 3.82. The van der Waals surface area contributed by atoms with Gasteiger partial charge in [0.15, 0.2) is 0 Å². The molecule has 0 saturated carbocycles. The Hall–Kier alpha value is -3.55. The van der Waals surface area contributed by atoms with E-state index in [0.717, 1.165) is 0 Å². The number of hydrogen-bond acceptors (Lipinski definition) is 5. The molecule has 1 aromatic heterocycles. The molecule has 160 valence electrons. The van der Waals surface area contributed by atoms with Crippen LogP contribution >= 0.6 is 0 Å². The number of fused-ring (bicyclic) bond motifs is 1. The van der Waals surface area contributed by atoms with Crippen LogP contribution in [-0.2, 0) is 0 Å². The van der Waals surface area contributed by atoms with E-state index in [-0.39, 0.29) is 35.2 Å². The van der Waals surface area contributed by atoms with Gasteiger partial charge < -0.3 is 9.80 Å². The first-order valence-electron chi connectivity index (χ1n) is 10.4. The molecule has 31 heavy (non-hydrogen) atoms. The van der Waals surface area contributed by atoms with Gasteiger partial charge in [0, 0.05) is 50.2 Å². The fourth-order valence-corrected chi connectivity index (χ4v) is 4.04. The van der Waals surface area contributed by atoms with Gasteiger partial charge in [-0.3, -0.25) is 29.1 Å². The number of pyridine rings is 1. The highest BCUT2D eigenvalue weighted by Gasteiger charge is 2.37. The first kappa shape index (κ1) is 20.7. The Morgan fingerprint density at radius 1 is 0.871 bits per heavy atom. The SMILES string of the molecule is CC(C)N1C(=O)c2ccc(C(=O)N3CCCN(C(=O)c4cccnc4)CC3)cc2C1=O. The minimum atomic E-state index is -0.367. The molecule has 1 fully saturated rings. The second kappa shape index (κ2) is 8.29. The van der Waals surface area contributed by atoms with Crippen LogP contribution in [0, 0.1) is 0 Å². The number of carbonyl (C=O) groups is 4. The summed E-state index contributed by atoms with van der Waals surface area (Å²) in [5, 5.41) is 0. The highest BCUT2D eigenvalue weighted by Crippen LogP contribution is 2.26. The van der Waals surface area contributed by atoms with Crippen molar-refractivity contribution >= 4 is 23.6 Å². The summed E-state index contributed by atoms with van der Waals surface area (Å²) >= 11 is 0. The van der Waals surface area contributed by atoms with Crippen LogP contribution in [0.25, 0.3) is 0 Å². The fourth-order valence-electron chi connectivity index (χ4n) is 4.04. The maximum atomic E-state index is 13.1. The minimum Gasteiger partial charge on any atom is -0.337 e. The average Bonchev–Trinajstić information content (AvgIpc) is 2.93. The van der Waals surface area contributed by atoms with Crippen molar-refractivity contribution in [3.05, 3.63) is 65.0 Å². The van der Waals surface area contributed by atoms with Gasteiger partial charge in [-0.25, -0.2) is 0 Å². The van der Waals surface area contributed by atoms with E-state index in [9.17, 15) is 19.2 Å². The van der Waals surface area contributed by atoms with Gasteiger partial charge in [-0.05, 0) is 50.6 Å².